The van der Waals surface area contributed by atoms with Crippen molar-refractivity contribution < 1.29 is 9.18 Å². The third kappa shape index (κ3) is 6.06. The normalized spacial score (nSPS) is 10.5. The number of carbonyl (C=O) groups is 1. The molecule has 4 nitrogen and oxygen atoms in total. The number of aromatic nitrogens is 1. The zero-order chi connectivity index (χ0) is 19.8. The number of anilines is 1. The third-order valence-corrected chi connectivity index (χ3v) is 4.51. The molecule has 2 N–H and O–H groups in total. The van der Waals surface area contributed by atoms with Gasteiger partial charge in [-0.25, -0.2) is 4.39 Å². The fourth-order valence-electron chi connectivity index (χ4n) is 2.73. The summed E-state index contributed by atoms with van der Waals surface area (Å²) in [5.74, 6) is -0.450. The molecule has 0 saturated carbocycles. The lowest BCUT2D eigenvalue weighted by Gasteiger charge is -2.09. The minimum Gasteiger partial charge on any atom is -0.385 e. The van der Waals surface area contributed by atoms with Crippen LogP contribution in [0.1, 0.15) is 21.6 Å². The van der Waals surface area contributed by atoms with E-state index in [0.29, 0.717) is 23.8 Å². The Hall–Kier alpha value is -2.92. The standard InChI is InChI=1S/C22H21ClFN3O/c23-18-5-1-16(2-6-18)10-13-27-22(28)21-15-20(11-14-26-21)25-12-9-17-3-7-19(24)8-4-17/h1-8,11,14-15H,9-10,12-13H2,(H,25,26)(H,27,28). The van der Waals surface area contributed by atoms with E-state index >= 15 is 0 Å². The number of benzene rings is 2. The van der Waals surface area contributed by atoms with Gasteiger partial charge in [-0.15, -0.1) is 0 Å². The first-order chi connectivity index (χ1) is 13.6. The highest BCUT2D eigenvalue weighted by molar-refractivity contribution is 6.30. The number of rotatable bonds is 8. The molecule has 0 bridgehead atoms. The van der Waals surface area contributed by atoms with Crippen LogP contribution in [-0.4, -0.2) is 24.0 Å². The molecule has 0 spiro atoms. The van der Waals surface area contributed by atoms with Gasteiger partial charge in [0.1, 0.15) is 11.5 Å². The molecule has 1 aromatic heterocycles. The second-order valence-corrected chi connectivity index (χ2v) is 6.80. The number of nitrogens with one attached hydrogen (secondary N) is 2. The van der Waals surface area contributed by atoms with E-state index in [-0.39, 0.29) is 11.7 Å². The molecule has 0 radical (unpaired) electrons. The van der Waals surface area contributed by atoms with Crippen LogP contribution in [0.3, 0.4) is 0 Å². The topological polar surface area (TPSA) is 54.0 Å². The van der Waals surface area contributed by atoms with Gasteiger partial charge in [-0.3, -0.25) is 9.78 Å². The van der Waals surface area contributed by atoms with Crippen molar-refractivity contribution in [2.24, 2.45) is 0 Å². The number of nitrogens with zero attached hydrogens (tertiary/aromatic N) is 1. The number of hydrogen-bond donors (Lipinski definition) is 2. The summed E-state index contributed by atoms with van der Waals surface area (Å²) < 4.78 is 12.9. The summed E-state index contributed by atoms with van der Waals surface area (Å²) in [7, 11) is 0. The first kappa shape index (κ1) is 19.8. The summed E-state index contributed by atoms with van der Waals surface area (Å²) in [6.45, 7) is 1.19. The molecule has 0 atom stereocenters. The van der Waals surface area contributed by atoms with Crippen LogP contribution < -0.4 is 10.6 Å². The highest BCUT2D eigenvalue weighted by Gasteiger charge is 2.07. The lowest BCUT2D eigenvalue weighted by molar-refractivity contribution is 0.0949. The van der Waals surface area contributed by atoms with Crippen molar-refractivity contribution in [1.29, 1.82) is 0 Å². The predicted molar refractivity (Wildman–Crippen MR) is 110 cm³/mol. The quantitative estimate of drug-likeness (QED) is 0.588. The average Bonchev–Trinajstić information content (AvgIpc) is 2.71. The van der Waals surface area contributed by atoms with Crippen LogP contribution in [0.2, 0.25) is 5.02 Å². The summed E-state index contributed by atoms with van der Waals surface area (Å²) in [6, 6.07) is 17.5. The van der Waals surface area contributed by atoms with E-state index in [4.69, 9.17) is 11.6 Å². The molecule has 2 aromatic carbocycles. The van der Waals surface area contributed by atoms with Gasteiger partial charge in [0.25, 0.3) is 5.91 Å². The Morgan fingerprint density at radius 2 is 1.57 bits per heavy atom. The summed E-state index contributed by atoms with van der Waals surface area (Å²) >= 11 is 5.87. The molecular weight excluding hydrogens is 377 g/mol. The molecule has 6 heteroatoms. The third-order valence-electron chi connectivity index (χ3n) is 4.26. The van der Waals surface area contributed by atoms with Crippen molar-refractivity contribution in [3.05, 3.63) is 94.5 Å². The molecule has 0 fully saturated rings. The fraction of sp³-hybridized carbons (Fsp3) is 0.182. The lowest BCUT2D eigenvalue weighted by atomic mass is 10.1. The van der Waals surface area contributed by atoms with Crippen molar-refractivity contribution in [3.63, 3.8) is 0 Å². The van der Waals surface area contributed by atoms with Gasteiger partial charge in [-0.05, 0) is 60.4 Å². The zero-order valence-electron chi connectivity index (χ0n) is 15.3. The van der Waals surface area contributed by atoms with Crippen LogP contribution in [-0.2, 0) is 12.8 Å². The Morgan fingerprint density at radius 1 is 0.929 bits per heavy atom. The number of carbonyl (C=O) groups excluding carboxylic acids is 1. The lowest BCUT2D eigenvalue weighted by Crippen LogP contribution is -2.26. The molecule has 0 aliphatic carbocycles. The van der Waals surface area contributed by atoms with E-state index in [0.717, 1.165) is 29.7 Å². The minimum atomic E-state index is -0.238. The molecule has 3 aromatic rings. The van der Waals surface area contributed by atoms with Crippen molar-refractivity contribution in [2.75, 3.05) is 18.4 Å². The summed E-state index contributed by atoms with van der Waals surface area (Å²) in [4.78, 5) is 16.5. The van der Waals surface area contributed by atoms with Crippen molar-refractivity contribution in [2.45, 2.75) is 12.8 Å². The van der Waals surface area contributed by atoms with E-state index < -0.39 is 0 Å². The number of hydrogen-bond acceptors (Lipinski definition) is 3. The Labute approximate surface area is 168 Å². The Balaban J connectivity index is 1.46. The van der Waals surface area contributed by atoms with E-state index in [9.17, 15) is 9.18 Å². The van der Waals surface area contributed by atoms with Crippen LogP contribution in [0.4, 0.5) is 10.1 Å². The molecule has 144 valence electrons. The molecular formula is C22H21ClFN3O. The molecule has 28 heavy (non-hydrogen) atoms. The van der Waals surface area contributed by atoms with Crippen molar-refractivity contribution in [1.82, 2.24) is 10.3 Å². The van der Waals surface area contributed by atoms with Crippen LogP contribution in [0.15, 0.2) is 66.9 Å². The Kier molecular flexibility index (Phi) is 6.98. The molecule has 1 amide bonds. The molecule has 1 heterocycles. The van der Waals surface area contributed by atoms with E-state index in [1.807, 2.05) is 30.3 Å². The fourth-order valence-corrected chi connectivity index (χ4v) is 2.85. The highest BCUT2D eigenvalue weighted by atomic mass is 35.5. The number of amides is 1. The predicted octanol–water partition coefficient (Wildman–Crippen LogP) is 4.50. The van der Waals surface area contributed by atoms with Gasteiger partial charge in [0.2, 0.25) is 0 Å². The Bertz CT molecular complexity index is 914. The molecule has 0 aliphatic rings. The molecule has 3 rings (SSSR count). The SMILES string of the molecule is O=C(NCCc1ccc(Cl)cc1)c1cc(NCCc2ccc(F)cc2)ccn1. The minimum absolute atomic E-state index is 0.212. The van der Waals surface area contributed by atoms with Gasteiger partial charge in [0.15, 0.2) is 0 Å². The van der Waals surface area contributed by atoms with Crippen molar-refractivity contribution in [3.8, 4) is 0 Å². The van der Waals surface area contributed by atoms with Crippen LogP contribution in [0.25, 0.3) is 0 Å². The summed E-state index contributed by atoms with van der Waals surface area (Å²) in [5.41, 5.74) is 3.33. The number of halogens is 2. The molecule has 0 saturated heterocycles. The first-order valence-electron chi connectivity index (χ1n) is 9.07. The number of pyridine rings is 1. The Morgan fingerprint density at radius 3 is 2.29 bits per heavy atom. The smallest absolute Gasteiger partial charge is 0.269 e. The van der Waals surface area contributed by atoms with Crippen molar-refractivity contribution >= 4 is 23.2 Å². The maximum Gasteiger partial charge on any atom is 0.269 e. The van der Waals surface area contributed by atoms with Gasteiger partial charge in [0.05, 0.1) is 0 Å². The second-order valence-electron chi connectivity index (χ2n) is 6.37. The van der Waals surface area contributed by atoms with Crippen LogP contribution >= 0.6 is 11.6 Å². The summed E-state index contributed by atoms with van der Waals surface area (Å²) in [5, 5.41) is 6.84. The van der Waals surface area contributed by atoms with Crippen LogP contribution in [0.5, 0.6) is 0 Å². The van der Waals surface area contributed by atoms with Gasteiger partial charge < -0.3 is 10.6 Å². The monoisotopic (exact) mass is 397 g/mol. The van der Waals surface area contributed by atoms with E-state index in [2.05, 4.69) is 15.6 Å². The van der Waals surface area contributed by atoms with Gasteiger partial charge in [0, 0.05) is 30.0 Å². The average molecular weight is 398 g/mol. The van der Waals surface area contributed by atoms with E-state index in [1.165, 1.54) is 12.1 Å². The largest absolute Gasteiger partial charge is 0.385 e. The molecule has 0 unspecified atom stereocenters. The summed E-state index contributed by atoms with van der Waals surface area (Å²) in [6.07, 6.45) is 3.08. The maximum absolute atomic E-state index is 12.9. The van der Waals surface area contributed by atoms with Gasteiger partial charge >= 0.3 is 0 Å². The van der Waals surface area contributed by atoms with E-state index in [1.54, 1.807) is 24.4 Å². The zero-order valence-corrected chi connectivity index (χ0v) is 16.0. The maximum atomic E-state index is 12.9. The van der Waals surface area contributed by atoms with Gasteiger partial charge in [-0.2, -0.15) is 0 Å². The first-order valence-corrected chi connectivity index (χ1v) is 9.45. The molecule has 0 aliphatic heterocycles. The second kappa shape index (κ2) is 9.85. The van der Waals surface area contributed by atoms with Gasteiger partial charge in [-0.1, -0.05) is 35.9 Å². The van der Waals surface area contributed by atoms with Crippen LogP contribution in [0, 0.1) is 5.82 Å². The highest BCUT2D eigenvalue weighted by Crippen LogP contribution is 2.11.